The number of likely N-dealkylation sites (tertiary alicyclic amines) is 1. The van der Waals surface area contributed by atoms with Gasteiger partial charge in [0.2, 0.25) is 11.8 Å². The second kappa shape index (κ2) is 6.09. The Kier molecular flexibility index (Phi) is 4.44. The SMILES string of the molecule is CN1C(=O)CCC(NC(=O)Cc2ccc(S)cc2)C1=O. The van der Waals surface area contributed by atoms with Gasteiger partial charge >= 0.3 is 0 Å². The minimum Gasteiger partial charge on any atom is -0.344 e. The molecule has 0 bridgehead atoms. The number of rotatable bonds is 3. The van der Waals surface area contributed by atoms with E-state index in [4.69, 9.17) is 0 Å². The Bertz CT molecular complexity index is 542. The number of imide groups is 1. The number of hydrogen-bond acceptors (Lipinski definition) is 4. The summed E-state index contributed by atoms with van der Waals surface area (Å²) in [4.78, 5) is 37.0. The molecule has 1 N–H and O–H groups in total. The molecule has 1 atom stereocenters. The van der Waals surface area contributed by atoms with E-state index in [-0.39, 0.29) is 30.6 Å². The zero-order valence-corrected chi connectivity index (χ0v) is 12.0. The van der Waals surface area contributed by atoms with Gasteiger partial charge in [-0.1, -0.05) is 12.1 Å². The third kappa shape index (κ3) is 3.39. The first-order chi connectivity index (χ1) is 9.47. The Morgan fingerprint density at radius 1 is 1.35 bits per heavy atom. The lowest BCUT2D eigenvalue weighted by Gasteiger charge is -2.28. The molecule has 0 aromatic heterocycles. The maximum absolute atomic E-state index is 11.9. The lowest BCUT2D eigenvalue weighted by molar-refractivity contribution is -0.149. The summed E-state index contributed by atoms with van der Waals surface area (Å²) in [5.41, 5.74) is 0.855. The molecule has 0 radical (unpaired) electrons. The van der Waals surface area contributed by atoms with Gasteiger partial charge < -0.3 is 5.32 Å². The van der Waals surface area contributed by atoms with E-state index >= 15 is 0 Å². The van der Waals surface area contributed by atoms with Crippen molar-refractivity contribution in [3.63, 3.8) is 0 Å². The number of nitrogens with zero attached hydrogens (tertiary/aromatic N) is 1. The van der Waals surface area contributed by atoms with Gasteiger partial charge in [-0.2, -0.15) is 0 Å². The molecule has 1 aromatic rings. The molecule has 1 saturated heterocycles. The van der Waals surface area contributed by atoms with E-state index in [0.29, 0.717) is 6.42 Å². The lowest BCUT2D eigenvalue weighted by Crippen LogP contribution is -2.53. The van der Waals surface area contributed by atoms with Gasteiger partial charge in [0.05, 0.1) is 6.42 Å². The maximum atomic E-state index is 11.9. The van der Waals surface area contributed by atoms with Crippen LogP contribution in [0.1, 0.15) is 18.4 Å². The largest absolute Gasteiger partial charge is 0.344 e. The van der Waals surface area contributed by atoms with Crippen LogP contribution in [0.2, 0.25) is 0 Å². The molecule has 1 aromatic carbocycles. The number of piperidine rings is 1. The van der Waals surface area contributed by atoms with Crippen LogP contribution in [0.15, 0.2) is 29.2 Å². The fourth-order valence-electron chi connectivity index (χ4n) is 2.09. The van der Waals surface area contributed by atoms with E-state index in [1.54, 1.807) is 0 Å². The molecule has 3 amide bonds. The maximum Gasteiger partial charge on any atom is 0.251 e. The summed E-state index contributed by atoms with van der Waals surface area (Å²) in [5, 5.41) is 2.68. The highest BCUT2D eigenvalue weighted by Gasteiger charge is 2.32. The normalized spacial score (nSPS) is 19.1. The summed E-state index contributed by atoms with van der Waals surface area (Å²) >= 11 is 4.18. The summed E-state index contributed by atoms with van der Waals surface area (Å²) in [6, 6.07) is 6.66. The van der Waals surface area contributed by atoms with Gasteiger partial charge in [0.25, 0.3) is 5.91 Å². The molecule has 106 valence electrons. The second-order valence-corrected chi connectivity index (χ2v) is 5.31. The molecule has 20 heavy (non-hydrogen) atoms. The van der Waals surface area contributed by atoms with E-state index in [0.717, 1.165) is 15.4 Å². The second-order valence-electron chi connectivity index (χ2n) is 4.79. The Morgan fingerprint density at radius 2 is 2.00 bits per heavy atom. The fourth-order valence-corrected chi connectivity index (χ4v) is 2.24. The van der Waals surface area contributed by atoms with Crippen molar-refractivity contribution in [2.75, 3.05) is 7.05 Å². The number of likely N-dealkylation sites (N-methyl/N-ethyl adjacent to an activating group) is 1. The summed E-state index contributed by atoms with van der Waals surface area (Å²) in [6.45, 7) is 0. The van der Waals surface area contributed by atoms with Crippen molar-refractivity contribution in [2.24, 2.45) is 0 Å². The summed E-state index contributed by atoms with van der Waals surface area (Å²) < 4.78 is 0. The predicted molar refractivity (Wildman–Crippen MR) is 76.3 cm³/mol. The van der Waals surface area contributed by atoms with Crippen molar-refractivity contribution >= 4 is 30.4 Å². The highest BCUT2D eigenvalue weighted by molar-refractivity contribution is 7.80. The summed E-state index contributed by atoms with van der Waals surface area (Å²) in [6.07, 6.45) is 0.848. The van der Waals surface area contributed by atoms with E-state index in [1.165, 1.54) is 7.05 Å². The van der Waals surface area contributed by atoms with Crippen LogP contribution >= 0.6 is 12.6 Å². The van der Waals surface area contributed by atoms with Crippen LogP contribution in [0.4, 0.5) is 0 Å². The first kappa shape index (κ1) is 14.6. The van der Waals surface area contributed by atoms with Crippen LogP contribution in [0.5, 0.6) is 0 Å². The van der Waals surface area contributed by atoms with Gasteiger partial charge in [-0.3, -0.25) is 19.3 Å². The molecule has 1 fully saturated rings. The number of thiol groups is 1. The van der Waals surface area contributed by atoms with Crippen LogP contribution in [0.3, 0.4) is 0 Å². The number of nitrogens with one attached hydrogen (secondary N) is 1. The van der Waals surface area contributed by atoms with E-state index in [9.17, 15) is 14.4 Å². The molecule has 0 saturated carbocycles. The van der Waals surface area contributed by atoms with Crippen molar-refractivity contribution in [3.05, 3.63) is 29.8 Å². The molecular formula is C14H16N2O3S. The molecule has 6 heteroatoms. The van der Waals surface area contributed by atoms with Gasteiger partial charge in [0.1, 0.15) is 6.04 Å². The Labute approximate surface area is 122 Å². The highest BCUT2D eigenvalue weighted by Crippen LogP contribution is 2.12. The average molecular weight is 292 g/mol. The zero-order valence-electron chi connectivity index (χ0n) is 11.1. The van der Waals surface area contributed by atoms with Crippen LogP contribution < -0.4 is 5.32 Å². The molecule has 1 heterocycles. The van der Waals surface area contributed by atoms with Gasteiger partial charge in [0.15, 0.2) is 0 Å². The predicted octanol–water partition coefficient (Wildman–Crippen LogP) is 0.781. The Hall–Kier alpha value is -1.82. The topological polar surface area (TPSA) is 66.5 Å². The van der Waals surface area contributed by atoms with Gasteiger partial charge in [0, 0.05) is 18.4 Å². The molecular weight excluding hydrogens is 276 g/mol. The number of benzene rings is 1. The monoisotopic (exact) mass is 292 g/mol. The quantitative estimate of drug-likeness (QED) is 0.639. The zero-order chi connectivity index (χ0) is 14.7. The number of carbonyl (C=O) groups is 3. The lowest BCUT2D eigenvalue weighted by atomic mass is 10.0. The number of hydrogen-bond donors (Lipinski definition) is 2. The fraction of sp³-hybridized carbons (Fsp3) is 0.357. The summed E-state index contributed by atoms with van der Waals surface area (Å²) in [7, 11) is 1.44. The van der Waals surface area contributed by atoms with Crippen LogP contribution in [-0.2, 0) is 20.8 Å². The smallest absolute Gasteiger partial charge is 0.251 e. The van der Waals surface area contributed by atoms with E-state index in [2.05, 4.69) is 17.9 Å². The minimum absolute atomic E-state index is 0.204. The van der Waals surface area contributed by atoms with Crippen molar-refractivity contribution in [3.8, 4) is 0 Å². The van der Waals surface area contributed by atoms with Crippen molar-refractivity contribution in [1.82, 2.24) is 10.2 Å². The van der Waals surface area contributed by atoms with Crippen LogP contribution in [0.25, 0.3) is 0 Å². The standard InChI is InChI=1S/C14H16N2O3S/c1-16-13(18)7-6-11(14(16)19)15-12(17)8-9-2-4-10(20)5-3-9/h2-5,11,20H,6-8H2,1H3,(H,15,17). The third-order valence-electron chi connectivity index (χ3n) is 3.29. The van der Waals surface area contributed by atoms with Crippen LogP contribution in [0, 0.1) is 0 Å². The van der Waals surface area contributed by atoms with Crippen LogP contribution in [-0.4, -0.2) is 35.7 Å². The number of amides is 3. The van der Waals surface area contributed by atoms with Gasteiger partial charge in [-0.15, -0.1) is 12.6 Å². The Balaban J connectivity index is 1.93. The van der Waals surface area contributed by atoms with Gasteiger partial charge in [-0.05, 0) is 24.1 Å². The minimum atomic E-state index is -0.602. The molecule has 0 spiro atoms. The Morgan fingerprint density at radius 3 is 2.65 bits per heavy atom. The van der Waals surface area contributed by atoms with Gasteiger partial charge in [-0.25, -0.2) is 0 Å². The molecule has 1 aliphatic heterocycles. The van der Waals surface area contributed by atoms with Crippen molar-refractivity contribution in [2.45, 2.75) is 30.2 Å². The highest BCUT2D eigenvalue weighted by atomic mass is 32.1. The first-order valence-electron chi connectivity index (χ1n) is 6.35. The molecule has 1 aliphatic rings. The van der Waals surface area contributed by atoms with Crippen molar-refractivity contribution < 1.29 is 14.4 Å². The van der Waals surface area contributed by atoms with Crippen molar-refractivity contribution in [1.29, 1.82) is 0 Å². The van der Waals surface area contributed by atoms with E-state index < -0.39 is 6.04 Å². The molecule has 5 nitrogen and oxygen atoms in total. The average Bonchev–Trinajstić information content (AvgIpc) is 2.42. The third-order valence-corrected chi connectivity index (χ3v) is 3.58. The van der Waals surface area contributed by atoms with E-state index in [1.807, 2.05) is 24.3 Å². The molecule has 0 aliphatic carbocycles. The number of carbonyl (C=O) groups excluding carboxylic acids is 3. The first-order valence-corrected chi connectivity index (χ1v) is 6.80. The summed E-state index contributed by atoms with van der Waals surface area (Å²) in [5.74, 6) is -0.775. The molecule has 2 rings (SSSR count). The molecule has 1 unspecified atom stereocenters.